The van der Waals surface area contributed by atoms with Crippen molar-refractivity contribution < 1.29 is 14.7 Å². The second kappa shape index (κ2) is 6.05. The van der Waals surface area contributed by atoms with Crippen LogP contribution in [0.3, 0.4) is 0 Å². The predicted octanol–water partition coefficient (Wildman–Crippen LogP) is 2.69. The summed E-state index contributed by atoms with van der Waals surface area (Å²) in [6.45, 7) is 2.04. The number of nitrogens with zero attached hydrogens (tertiary/aromatic N) is 2. The lowest BCUT2D eigenvalue weighted by Crippen LogP contribution is -2.09. The Morgan fingerprint density at radius 1 is 1.35 bits per heavy atom. The third kappa shape index (κ3) is 3.36. The molecule has 0 amide bonds. The minimum absolute atomic E-state index is 0.0110. The number of hydrogen-bond acceptors (Lipinski definition) is 3. The maximum absolute atomic E-state index is 11.2. The van der Waals surface area contributed by atoms with Gasteiger partial charge in [0.25, 0.3) is 0 Å². The van der Waals surface area contributed by atoms with Crippen LogP contribution in [0.15, 0.2) is 18.2 Å². The molecule has 0 aliphatic carbocycles. The van der Waals surface area contributed by atoms with E-state index in [9.17, 15) is 9.59 Å². The molecule has 0 bridgehead atoms. The molecule has 0 fully saturated rings. The van der Waals surface area contributed by atoms with Crippen LogP contribution in [0.4, 0.5) is 0 Å². The lowest BCUT2D eigenvalue weighted by molar-refractivity contribution is -0.137. The third-order valence-corrected chi connectivity index (χ3v) is 3.27. The molecular formula is C14H15ClN2O3. The van der Waals surface area contributed by atoms with Gasteiger partial charge in [-0.1, -0.05) is 11.6 Å². The SMILES string of the molecule is CC(=O)CCn1c(CCC(=O)O)nc2cc(Cl)ccc21. The quantitative estimate of drug-likeness (QED) is 0.889. The number of aromatic nitrogens is 2. The van der Waals surface area contributed by atoms with Crippen LogP contribution in [0, 0.1) is 0 Å². The van der Waals surface area contributed by atoms with Crippen molar-refractivity contribution in [2.75, 3.05) is 0 Å². The van der Waals surface area contributed by atoms with Gasteiger partial charge in [0, 0.05) is 24.4 Å². The highest BCUT2D eigenvalue weighted by molar-refractivity contribution is 6.31. The number of hydrogen-bond donors (Lipinski definition) is 1. The fourth-order valence-electron chi connectivity index (χ4n) is 2.08. The molecule has 0 aliphatic rings. The van der Waals surface area contributed by atoms with E-state index < -0.39 is 5.97 Å². The van der Waals surface area contributed by atoms with Crippen molar-refractivity contribution in [1.82, 2.24) is 9.55 Å². The fourth-order valence-corrected chi connectivity index (χ4v) is 2.25. The summed E-state index contributed by atoms with van der Waals surface area (Å²) in [5.41, 5.74) is 1.59. The summed E-state index contributed by atoms with van der Waals surface area (Å²) in [6, 6.07) is 5.34. The summed E-state index contributed by atoms with van der Waals surface area (Å²) in [5.74, 6) is -0.107. The Bertz CT molecular complexity index is 664. The minimum atomic E-state index is -0.867. The normalized spacial score (nSPS) is 10.9. The highest BCUT2D eigenvalue weighted by Crippen LogP contribution is 2.21. The van der Waals surface area contributed by atoms with Crippen LogP contribution in [0.25, 0.3) is 11.0 Å². The van der Waals surface area contributed by atoms with Gasteiger partial charge in [-0.25, -0.2) is 4.98 Å². The molecule has 2 rings (SSSR count). The fraction of sp³-hybridized carbons (Fsp3) is 0.357. The number of carbonyl (C=O) groups excluding carboxylic acids is 1. The molecule has 2 aromatic rings. The number of benzene rings is 1. The topological polar surface area (TPSA) is 72.2 Å². The second-order valence-corrected chi connectivity index (χ2v) is 5.09. The number of carboxylic acids is 1. The molecule has 1 heterocycles. The number of carbonyl (C=O) groups is 2. The van der Waals surface area contributed by atoms with E-state index in [0.29, 0.717) is 30.2 Å². The smallest absolute Gasteiger partial charge is 0.303 e. The van der Waals surface area contributed by atoms with Crippen molar-refractivity contribution in [3.05, 3.63) is 29.0 Å². The van der Waals surface area contributed by atoms with Crippen molar-refractivity contribution in [3.63, 3.8) is 0 Å². The van der Waals surface area contributed by atoms with E-state index >= 15 is 0 Å². The Kier molecular flexibility index (Phi) is 4.39. The molecule has 6 heteroatoms. The van der Waals surface area contributed by atoms with E-state index in [4.69, 9.17) is 16.7 Å². The van der Waals surface area contributed by atoms with Gasteiger partial charge < -0.3 is 9.67 Å². The summed E-state index contributed by atoms with van der Waals surface area (Å²) in [5, 5.41) is 9.37. The molecule has 1 aromatic heterocycles. The summed E-state index contributed by atoms with van der Waals surface area (Å²) in [7, 11) is 0. The van der Waals surface area contributed by atoms with Crippen LogP contribution < -0.4 is 0 Å². The van der Waals surface area contributed by atoms with Crippen LogP contribution >= 0.6 is 11.6 Å². The van der Waals surface area contributed by atoms with E-state index in [-0.39, 0.29) is 12.2 Å². The van der Waals surface area contributed by atoms with Gasteiger partial charge >= 0.3 is 5.97 Å². The number of ketones is 1. The third-order valence-electron chi connectivity index (χ3n) is 3.04. The molecule has 106 valence electrons. The standard InChI is InChI=1S/C14H15ClN2O3/c1-9(18)6-7-17-12-3-2-10(15)8-11(12)16-13(17)4-5-14(19)20/h2-3,8H,4-7H2,1H3,(H,19,20). The van der Waals surface area contributed by atoms with Crippen molar-refractivity contribution in [1.29, 1.82) is 0 Å². The lowest BCUT2D eigenvalue weighted by atomic mass is 10.2. The zero-order valence-corrected chi connectivity index (χ0v) is 11.9. The molecule has 0 unspecified atom stereocenters. The predicted molar refractivity (Wildman–Crippen MR) is 76.0 cm³/mol. The van der Waals surface area contributed by atoms with Crippen molar-refractivity contribution in [2.24, 2.45) is 0 Å². The molecule has 0 radical (unpaired) electrons. The van der Waals surface area contributed by atoms with Gasteiger partial charge in [0.2, 0.25) is 0 Å². The number of imidazole rings is 1. The largest absolute Gasteiger partial charge is 0.481 e. The Morgan fingerprint density at radius 3 is 2.75 bits per heavy atom. The van der Waals surface area contributed by atoms with Gasteiger partial charge in [0.15, 0.2) is 0 Å². The van der Waals surface area contributed by atoms with Gasteiger partial charge in [0.1, 0.15) is 11.6 Å². The minimum Gasteiger partial charge on any atom is -0.481 e. The first-order valence-electron chi connectivity index (χ1n) is 6.33. The number of aliphatic carboxylic acids is 1. The van der Waals surface area contributed by atoms with E-state index in [1.807, 2.05) is 10.6 Å². The van der Waals surface area contributed by atoms with E-state index in [0.717, 1.165) is 11.0 Å². The number of rotatable bonds is 6. The number of fused-ring (bicyclic) bond motifs is 1. The van der Waals surface area contributed by atoms with E-state index in [2.05, 4.69) is 4.98 Å². The van der Waals surface area contributed by atoms with Crippen LogP contribution in [0.1, 0.15) is 25.6 Å². The first kappa shape index (κ1) is 14.5. The Hall–Kier alpha value is -1.88. The second-order valence-electron chi connectivity index (χ2n) is 4.66. The van der Waals surface area contributed by atoms with Crippen LogP contribution in [0.2, 0.25) is 5.02 Å². The van der Waals surface area contributed by atoms with Crippen molar-refractivity contribution in [2.45, 2.75) is 32.7 Å². The molecule has 0 saturated heterocycles. The maximum Gasteiger partial charge on any atom is 0.303 e. The van der Waals surface area contributed by atoms with Gasteiger partial charge in [-0.3, -0.25) is 9.59 Å². The Morgan fingerprint density at radius 2 is 2.10 bits per heavy atom. The molecule has 20 heavy (non-hydrogen) atoms. The number of Topliss-reactive ketones (excluding diaryl/α,β-unsaturated/α-hetero) is 1. The molecule has 0 saturated carbocycles. The van der Waals surface area contributed by atoms with Gasteiger partial charge in [-0.15, -0.1) is 0 Å². The van der Waals surface area contributed by atoms with Crippen LogP contribution in [-0.4, -0.2) is 26.4 Å². The van der Waals surface area contributed by atoms with Crippen molar-refractivity contribution >= 4 is 34.4 Å². The maximum atomic E-state index is 11.2. The number of carboxylic acid groups (broad SMARTS) is 1. The Balaban J connectivity index is 2.39. The zero-order valence-electron chi connectivity index (χ0n) is 11.1. The first-order valence-corrected chi connectivity index (χ1v) is 6.71. The van der Waals surface area contributed by atoms with E-state index in [1.54, 1.807) is 12.1 Å². The molecule has 0 spiro atoms. The molecule has 5 nitrogen and oxygen atoms in total. The highest BCUT2D eigenvalue weighted by atomic mass is 35.5. The Labute approximate surface area is 121 Å². The highest BCUT2D eigenvalue weighted by Gasteiger charge is 2.12. The molecular weight excluding hydrogens is 280 g/mol. The van der Waals surface area contributed by atoms with E-state index in [1.165, 1.54) is 6.92 Å². The summed E-state index contributed by atoms with van der Waals surface area (Å²) in [6.07, 6.45) is 0.741. The van der Waals surface area contributed by atoms with Crippen LogP contribution in [0.5, 0.6) is 0 Å². The average Bonchev–Trinajstić information content (AvgIpc) is 2.70. The number of aryl methyl sites for hydroxylation is 2. The molecule has 1 aromatic carbocycles. The van der Waals surface area contributed by atoms with Crippen LogP contribution in [-0.2, 0) is 22.6 Å². The van der Waals surface area contributed by atoms with Gasteiger partial charge in [-0.05, 0) is 25.1 Å². The monoisotopic (exact) mass is 294 g/mol. The number of halogens is 1. The van der Waals surface area contributed by atoms with Crippen molar-refractivity contribution in [3.8, 4) is 0 Å². The summed E-state index contributed by atoms with van der Waals surface area (Å²) < 4.78 is 1.90. The molecule has 1 N–H and O–H groups in total. The first-order chi connectivity index (χ1) is 9.47. The lowest BCUT2D eigenvalue weighted by Gasteiger charge is -2.07. The summed E-state index contributed by atoms with van der Waals surface area (Å²) in [4.78, 5) is 26.3. The zero-order chi connectivity index (χ0) is 14.7. The molecule has 0 aliphatic heterocycles. The van der Waals surface area contributed by atoms with Gasteiger partial charge in [-0.2, -0.15) is 0 Å². The van der Waals surface area contributed by atoms with Gasteiger partial charge in [0.05, 0.1) is 17.5 Å². The summed E-state index contributed by atoms with van der Waals surface area (Å²) >= 11 is 5.94. The molecule has 0 atom stereocenters. The average molecular weight is 295 g/mol.